The lowest BCUT2D eigenvalue weighted by Crippen LogP contribution is -2.01. The molecule has 108 valence electrons. The van der Waals surface area contributed by atoms with E-state index in [0.717, 1.165) is 28.4 Å². The van der Waals surface area contributed by atoms with E-state index >= 15 is 0 Å². The van der Waals surface area contributed by atoms with Gasteiger partial charge in [0.25, 0.3) is 0 Å². The molecule has 0 saturated carbocycles. The zero-order valence-corrected chi connectivity index (χ0v) is 13.2. The summed E-state index contributed by atoms with van der Waals surface area (Å²) in [5, 5.41) is 1.03. The van der Waals surface area contributed by atoms with Crippen molar-refractivity contribution in [2.45, 2.75) is 33.7 Å². The van der Waals surface area contributed by atoms with E-state index < -0.39 is 0 Å². The number of rotatable bonds is 6. The van der Waals surface area contributed by atoms with Gasteiger partial charge in [-0.1, -0.05) is 26.0 Å². The number of thiazole rings is 1. The van der Waals surface area contributed by atoms with Crippen LogP contribution in [0, 0.1) is 5.92 Å². The van der Waals surface area contributed by atoms with E-state index in [9.17, 15) is 0 Å². The summed E-state index contributed by atoms with van der Waals surface area (Å²) in [5.74, 6) is 1.48. The van der Waals surface area contributed by atoms with Crippen LogP contribution in [0.15, 0.2) is 24.3 Å². The van der Waals surface area contributed by atoms with Gasteiger partial charge in [-0.15, -0.1) is 11.3 Å². The summed E-state index contributed by atoms with van der Waals surface area (Å²) in [4.78, 5) is 5.97. The van der Waals surface area contributed by atoms with Crippen LogP contribution in [-0.2, 0) is 13.0 Å². The van der Waals surface area contributed by atoms with Gasteiger partial charge in [0, 0.05) is 17.0 Å². The van der Waals surface area contributed by atoms with Gasteiger partial charge >= 0.3 is 0 Å². The Morgan fingerprint density at radius 2 is 2.15 bits per heavy atom. The first-order valence-electron chi connectivity index (χ1n) is 7.06. The lowest BCUT2D eigenvalue weighted by atomic mass is 10.1. The van der Waals surface area contributed by atoms with Gasteiger partial charge in [0.2, 0.25) is 0 Å². The largest absolute Gasteiger partial charge is 0.494 e. The fourth-order valence-corrected chi connectivity index (χ4v) is 3.06. The van der Waals surface area contributed by atoms with Gasteiger partial charge in [0.05, 0.1) is 12.3 Å². The highest BCUT2D eigenvalue weighted by atomic mass is 32.1. The molecule has 20 heavy (non-hydrogen) atoms. The molecule has 0 spiro atoms. The highest BCUT2D eigenvalue weighted by Crippen LogP contribution is 2.31. The van der Waals surface area contributed by atoms with E-state index in [-0.39, 0.29) is 0 Å². The zero-order valence-electron chi connectivity index (χ0n) is 12.3. The quantitative estimate of drug-likeness (QED) is 0.878. The van der Waals surface area contributed by atoms with Crippen molar-refractivity contribution < 1.29 is 4.74 Å². The molecule has 2 aromatic rings. The van der Waals surface area contributed by atoms with Crippen molar-refractivity contribution in [1.82, 2.24) is 4.98 Å². The van der Waals surface area contributed by atoms with Crippen LogP contribution in [0.3, 0.4) is 0 Å². The van der Waals surface area contributed by atoms with Gasteiger partial charge < -0.3 is 10.5 Å². The Kier molecular flexibility index (Phi) is 5.15. The standard InChI is InChI=1S/C16H22N2OS/c1-4-19-13-7-5-6-12(9-13)16-18-14(8-11(2)3)15(10-17)20-16/h5-7,9,11H,4,8,10,17H2,1-3H3. The molecule has 0 aliphatic carbocycles. The predicted octanol–water partition coefficient (Wildman–Crippen LogP) is 3.87. The third-order valence-electron chi connectivity index (χ3n) is 2.96. The molecule has 2 rings (SSSR count). The summed E-state index contributed by atoms with van der Waals surface area (Å²) in [6.45, 7) is 7.63. The Morgan fingerprint density at radius 1 is 1.35 bits per heavy atom. The summed E-state index contributed by atoms with van der Waals surface area (Å²) in [5.41, 5.74) is 8.09. The molecule has 0 radical (unpaired) electrons. The van der Waals surface area contributed by atoms with Crippen molar-refractivity contribution >= 4 is 11.3 Å². The first-order valence-corrected chi connectivity index (χ1v) is 7.87. The Balaban J connectivity index is 2.32. The van der Waals surface area contributed by atoms with Crippen LogP contribution in [0.5, 0.6) is 5.75 Å². The number of aromatic nitrogens is 1. The minimum atomic E-state index is 0.560. The van der Waals surface area contributed by atoms with E-state index in [1.165, 1.54) is 4.88 Å². The van der Waals surface area contributed by atoms with Crippen molar-refractivity contribution in [3.63, 3.8) is 0 Å². The van der Waals surface area contributed by atoms with Crippen molar-refractivity contribution in [2.75, 3.05) is 6.61 Å². The average molecular weight is 290 g/mol. The summed E-state index contributed by atoms with van der Waals surface area (Å²) >= 11 is 1.69. The molecule has 0 aliphatic heterocycles. The predicted molar refractivity (Wildman–Crippen MR) is 85.2 cm³/mol. The number of ether oxygens (including phenoxy) is 1. The van der Waals surface area contributed by atoms with Gasteiger partial charge in [-0.25, -0.2) is 4.98 Å². The maximum atomic E-state index is 5.84. The first-order chi connectivity index (χ1) is 9.63. The van der Waals surface area contributed by atoms with Crippen molar-refractivity contribution in [1.29, 1.82) is 0 Å². The molecule has 0 amide bonds. The Bertz CT molecular complexity index is 563. The average Bonchev–Trinajstić information content (AvgIpc) is 2.82. The van der Waals surface area contributed by atoms with Crippen molar-refractivity contribution in [2.24, 2.45) is 11.7 Å². The maximum absolute atomic E-state index is 5.84. The van der Waals surface area contributed by atoms with Crippen LogP contribution in [0.1, 0.15) is 31.3 Å². The second kappa shape index (κ2) is 6.86. The fraction of sp³-hybridized carbons (Fsp3) is 0.438. The molecule has 0 bridgehead atoms. The lowest BCUT2D eigenvalue weighted by molar-refractivity contribution is 0.340. The van der Waals surface area contributed by atoms with E-state index in [4.69, 9.17) is 15.5 Å². The minimum absolute atomic E-state index is 0.560. The van der Waals surface area contributed by atoms with Gasteiger partial charge in [-0.05, 0) is 31.4 Å². The van der Waals surface area contributed by atoms with Crippen molar-refractivity contribution in [3.8, 4) is 16.3 Å². The number of nitrogens with two attached hydrogens (primary N) is 1. The molecule has 4 heteroatoms. The molecule has 1 heterocycles. The normalized spacial score (nSPS) is 11.1. The van der Waals surface area contributed by atoms with E-state index in [1.54, 1.807) is 11.3 Å². The molecule has 3 nitrogen and oxygen atoms in total. The van der Waals surface area contributed by atoms with Crippen molar-refractivity contribution in [3.05, 3.63) is 34.8 Å². The topological polar surface area (TPSA) is 48.1 Å². The molecule has 2 N–H and O–H groups in total. The van der Waals surface area contributed by atoms with Crippen LogP contribution < -0.4 is 10.5 Å². The van der Waals surface area contributed by atoms with Gasteiger partial charge in [0.1, 0.15) is 10.8 Å². The molecule has 0 fully saturated rings. The van der Waals surface area contributed by atoms with Crippen LogP contribution in [0.25, 0.3) is 10.6 Å². The van der Waals surface area contributed by atoms with E-state index in [1.807, 2.05) is 25.1 Å². The third kappa shape index (κ3) is 3.58. The molecular weight excluding hydrogens is 268 g/mol. The molecule has 0 aliphatic rings. The fourth-order valence-electron chi connectivity index (χ4n) is 2.10. The molecule has 0 atom stereocenters. The van der Waals surface area contributed by atoms with Crippen LogP contribution in [0.4, 0.5) is 0 Å². The first kappa shape index (κ1) is 15.0. The summed E-state index contributed by atoms with van der Waals surface area (Å²) < 4.78 is 5.55. The smallest absolute Gasteiger partial charge is 0.124 e. The molecular formula is C16H22N2OS. The molecule has 0 unspecified atom stereocenters. The summed E-state index contributed by atoms with van der Waals surface area (Å²) in [6, 6.07) is 8.09. The number of nitrogens with zero attached hydrogens (tertiary/aromatic N) is 1. The minimum Gasteiger partial charge on any atom is -0.494 e. The maximum Gasteiger partial charge on any atom is 0.124 e. The Hall–Kier alpha value is -1.39. The van der Waals surface area contributed by atoms with Crippen LogP contribution in [-0.4, -0.2) is 11.6 Å². The van der Waals surface area contributed by atoms with Gasteiger partial charge in [0.15, 0.2) is 0 Å². The highest BCUT2D eigenvalue weighted by Gasteiger charge is 2.13. The summed E-state index contributed by atoms with van der Waals surface area (Å²) in [7, 11) is 0. The third-order valence-corrected chi connectivity index (χ3v) is 4.13. The highest BCUT2D eigenvalue weighted by molar-refractivity contribution is 7.15. The monoisotopic (exact) mass is 290 g/mol. The number of hydrogen-bond donors (Lipinski definition) is 1. The second-order valence-electron chi connectivity index (χ2n) is 5.15. The summed E-state index contributed by atoms with van der Waals surface area (Å²) in [6.07, 6.45) is 0.980. The van der Waals surface area contributed by atoms with Gasteiger partial charge in [-0.3, -0.25) is 0 Å². The zero-order chi connectivity index (χ0) is 14.5. The molecule has 1 aromatic carbocycles. The van der Waals surface area contributed by atoms with E-state index in [2.05, 4.69) is 19.9 Å². The number of benzene rings is 1. The van der Waals surface area contributed by atoms with Crippen LogP contribution >= 0.6 is 11.3 Å². The van der Waals surface area contributed by atoms with Crippen LogP contribution in [0.2, 0.25) is 0 Å². The SMILES string of the molecule is CCOc1cccc(-c2nc(CC(C)C)c(CN)s2)c1. The second-order valence-corrected chi connectivity index (χ2v) is 6.24. The molecule has 1 aromatic heterocycles. The Morgan fingerprint density at radius 3 is 2.80 bits per heavy atom. The molecule has 0 saturated heterocycles. The number of hydrogen-bond acceptors (Lipinski definition) is 4. The van der Waals surface area contributed by atoms with Gasteiger partial charge in [-0.2, -0.15) is 0 Å². The Labute approximate surface area is 124 Å². The van der Waals surface area contributed by atoms with E-state index in [0.29, 0.717) is 19.1 Å². The lowest BCUT2D eigenvalue weighted by Gasteiger charge is -2.04.